The van der Waals surface area contributed by atoms with Crippen LogP contribution in [0.15, 0.2) is 83.7 Å². The van der Waals surface area contributed by atoms with Gasteiger partial charge in [0.1, 0.15) is 5.82 Å². The molecular formula is C22H20BrN5O. The van der Waals surface area contributed by atoms with E-state index >= 15 is 0 Å². The maximum atomic E-state index is 12.4. The number of carbonyl (C=O) groups is 1. The van der Waals surface area contributed by atoms with Crippen LogP contribution in [0.1, 0.15) is 17.5 Å². The Morgan fingerprint density at radius 2 is 1.76 bits per heavy atom. The third kappa shape index (κ3) is 5.00. The number of nitrogens with zero attached hydrogens (tertiary/aromatic N) is 4. The van der Waals surface area contributed by atoms with Crippen molar-refractivity contribution in [3.8, 4) is 5.69 Å². The molecule has 1 N–H and O–H groups in total. The molecule has 4 rings (SSSR count). The van der Waals surface area contributed by atoms with Crippen molar-refractivity contribution >= 4 is 27.7 Å². The van der Waals surface area contributed by atoms with Crippen molar-refractivity contribution in [2.24, 2.45) is 0 Å². The number of hydrogen-bond donors (Lipinski definition) is 1. The van der Waals surface area contributed by atoms with Gasteiger partial charge in [0.25, 0.3) is 0 Å². The van der Waals surface area contributed by atoms with Crippen molar-refractivity contribution in [3.63, 3.8) is 0 Å². The molecule has 2 aromatic heterocycles. The van der Waals surface area contributed by atoms with Crippen LogP contribution in [0.2, 0.25) is 0 Å². The summed E-state index contributed by atoms with van der Waals surface area (Å²) in [6.07, 6.45) is 6.46. The van der Waals surface area contributed by atoms with Crippen LogP contribution in [0.3, 0.4) is 0 Å². The van der Waals surface area contributed by atoms with Gasteiger partial charge in [-0.25, -0.2) is 9.36 Å². The average molecular weight is 450 g/mol. The molecular weight excluding hydrogens is 430 g/mol. The zero-order valence-corrected chi connectivity index (χ0v) is 17.3. The average Bonchev–Trinajstić information content (AvgIpc) is 3.39. The minimum absolute atomic E-state index is 0.0463. The lowest BCUT2D eigenvalue weighted by atomic mass is 10.2. The van der Waals surface area contributed by atoms with Gasteiger partial charge in [0.2, 0.25) is 5.91 Å². The smallest absolute Gasteiger partial charge is 0.225 e. The van der Waals surface area contributed by atoms with Gasteiger partial charge in [-0.2, -0.15) is 10.2 Å². The highest BCUT2D eigenvalue weighted by Gasteiger charge is 2.09. The second-order valence-electron chi connectivity index (χ2n) is 6.68. The summed E-state index contributed by atoms with van der Waals surface area (Å²) in [6, 6.07) is 19.8. The Bertz CT molecular complexity index is 1090. The number of benzene rings is 2. The SMILES string of the molecule is O=C(CCc1cnn(-c2ccccc2)c1)Nc1ccnn1Cc1ccc(Br)cc1. The Morgan fingerprint density at radius 3 is 2.55 bits per heavy atom. The van der Waals surface area contributed by atoms with Crippen LogP contribution in [0, 0.1) is 0 Å². The normalized spacial score (nSPS) is 10.8. The predicted octanol–water partition coefficient (Wildman–Crippen LogP) is 4.45. The zero-order chi connectivity index (χ0) is 20.1. The summed E-state index contributed by atoms with van der Waals surface area (Å²) in [5.74, 6) is 0.646. The van der Waals surface area contributed by atoms with Crippen molar-refractivity contribution in [2.75, 3.05) is 5.32 Å². The maximum Gasteiger partial charge on any atom is 0.225 e. The number of halogens is 1. The lowest BCUT2D eigenvalue weighted by Crippen LogP contribution is -2.16. The third-order valence-electron chi connectivity index (χ3n) is 4.53. The van der Waals surface area contributed by atoms with Gasteiger partial charge in [-0.05, 0) is 41.8 Å². The van der Waals surface area contributed by atoms with E-state index in [2.05, 4.69) is 31.4 Å². The first-order chi connectivity index (χ1) is 14.2. The predicted molar refractivity (Wildman–Crippen MR) is 116 cm³/mol. The lowest BCUT2D eigenvalue weighted by molar-refractivity contribution is -0.116. The quantitative estimate of drug-likeness (QED) is 0.453. The molecule has 0 aliphatic heterocycles. The number of carbonyl (C=O) groups excluding carboxylic acids is 1. The zero-order valence-electron chi connectivity index (χ0n) is 15.7. The van der Waals surface area contributed by atoms with E-state index in [9.17, 15) is 4.79 Å². The van der Waals surface area contributed by atoms with Crippen LogP contribution in [-0.2, 0) is 17.8 Å². The van der Waals surface area contributed by atoms with E-state index in [0.717, 1.165) is 21.3 Å². The maximum absolute atomic E-state index is 12.4. The van der Waals surface area contributed by atoms with E-state index in [4.69, 9.17) is 0 Å². The van der Waals surface area contributed by atoms with Crippen molar-refractivity contribution < 1.29 is 4.79 Å². The molecule has 0 fully saturated rings. The summed E-state index contributed by atoms with van der Waals surface area (Å²) >= 11 is 3.44. The molecule has 146 valence electrons. The summed E-state index contributed by atoms with van der Waals surface area (Å²) < 4.78 is 4.64. The van der Waals surface area contributed by atoms with Crippen molar-refractivity contribution in [1.82, 2.24) is 19.6 Å². The number of aryl methyl sites for hydroxylation is 1. The van der Waals surface area contributed by atoms with Crippen LogP contribution >= 0.6 is 15.9 Å². The molecule has 0 saturated carbocycles. The molecule has 0 bridgehead atoms. The summed E-state index contributed by atoms with van der Waals surface area (Å²) in [6.45, 7) is 0.597. The molecule has 0 radical (unpaired) electrons. The molecule has 0 unspecified atom stereocenters. The highest BCUT2D eigenvalue weighted by Crippen LogP contribution is 2.15. The summed E-state index contributed by atoms with van der Waals surface area (Å²) in [4.78, 5) is 12.4. The molecule has 29 heavy (non-hydrogen) atoms. The Balaban J connectivity index is 1.33. The topological polar surface area (TPSA) is 64.7 Å². The molecule has 0 aliphatic carbocycles. The molecule has 7 heteroatoms. The van der Waals surface area contributed by atoms with E-state index in [1.165, 1.54) is 0 Å². The standard InChI is InChI=1S/C22H20BrN5O/c23-19-9-6-17(7-10-19)15-28-21(12-13-24-28)26-22(29)11-8-18-14-25-27(16-18)20-4-2-1-3-5-20/h1-7,9-10,12-14,16H,8,11,15H2,(H,26,29). The minimum Gasteiger partial charge on any atom is -0.311 e. The fraction of sp³-hybridized carbons (Fsp3) is 0.136. The third-order valence-corrected chi connectivity index (χ3v) is 5.06. The molecule has 2 aromatic carbocycles. The van der Waals surface area contributed by atoms with E-state index in [0.29, 0.717) is 25.2 Å². The molecule has 0 atom stereocenters. The summed E-state index contributed by atoms with van der Waals surface area (Å²) in [5.41, 5.74) is 3.13. The Kier molecular flexibility index (Phi) is 5.86. The summed E-state index contributed by atoms with van der Waals surface area (Å²) in [5, 5.41) is 11.6. The fourth-order valence-electron chi connectivity index (χ4n) is 3.00. The molecule has 6 nitrogen and oxygen atoms in total. The number of amides is 1. The van der Waals surface area contributed by atoms with Crippen molar-refractivity contribution in [2.45, 2.75) is 19.4 Å². The fourth-order valence-corrected chi connectivity index (χ4v) is 3.27. The molecule has 0 aliphatic rings. The van der Waals surface area contributed by atoms with Gasteiger partial charge >= 0.3 is 0 Å². The number of aromatic nitrogens is 4. The second-order valence-corrected chi connectivity index (χ2v) is 7.59. The van der Waals surface area contributed by atoms with Crippen molar-refractivity contribution in [1.29, 1.82) is 0 Å². The number of hydrogen-bond acceptors (Lipinski definition) is 3. The first-order valence-corrected chi connectivity index (χ1v) is 10.1. The summed E-state index contributed by atoms with van der Waals surface area (Å²) in [7, 11) is 0. The van der Waals surface area contributed by atoms with Crippen LogP contribution in [0.5, 0.6) is 0 Å². The first kappa shape index (κ1) is 19.1. The molecule has 4 aromatic rings. The second kappa shape index (κ2) is 8.87. The molecule has 1 amide bonds. The number of rotatable bonds is 7. The van der Waals surface area contributed by atoms with Gasteiger partial charge in [0.15, 0.2) is 0 Å². The van der Waals surface area contributed by atoms with Gasteiger partial charge < -0.3 is 5.32 Å². The Labute approximate surface area is 177 Å². The van der Waals surface area contributed by atoms with E-state index in [1.807, 2.05) is 71.5 Å². The van der Waals surface area contributed by atoms with Gasteiger partial charge in [-0.15, -0.1) is 0 Å². The van der Waals surface area contributed by atoms with Crippen molar-refractivity contribution in [3.05, 3.63) is 94.9 Å². The van der Waals surface area contributed by atoms with E-state index in [1.54, 1.807) is 17.1 Å². The number of para-hydroxylation sites is 1. The largest absolute Gasteiger partial charge is 0.311 e. The Morgan fingerprint density at radius 1 is 0.966 bits per heavy atom. The van der Waals surface area contributed by atoms with Gasteiger partial charge in [0.05, 0.1) is 24.6 Å². The van der Waals surface area contributed by atoms with E-state index < -0.39 is 0 Å². The minimum atomic E-state index is -0.0463. The highest BCUT2D eigenvalue weighted by molar-refractivity contribution is 9.10. The highest BCUT2D eigenvalue weighted by atomic mass is 79.9. The van der Waals surface area contributed by atoms with Crippen LogP contribution in [0.25, 0.3) is 5.69 Å². The molecule has 0 spiro atoms. The molecule has 2 heterocycles. The van der Waals surface area contributed by atoms with Crippen LogP contribution in [0.4, 0.5) is 5.82 Å². The Hall–Kier alpha value is -3.19. The van der Waals surface area contributed by atoms with Crippen LogP contribution in [-0.4, -0.2) is 25.5 Å². The van der Waals surface area contributed by atoms with Crippen LogP contribution < -0.4 is 5.32 Å². The number of anilines is 1. The molecule has 0 saturated heterocycles. The lowest BCUT2D eigenvalue weighted by Gasteiger charge is -2.09. The monoisotopic (exact) mass is 449 g/mol. The van der Waals surface area contributed by atoms with Gasteiger partial charge in [-0.3, -0.25) is 4.79 Å². The first-order valence-electron chi connectivity index (χ1n) is 9.32. The van der Waals surface area contributed by atoms with Gasteiger partial charge in [-0.1, -0.05) is 46.3 Å². The number of nitrogens with one attached hydrogen (secondary N) is 1. The van der Waals surface area contributed by atoms with E-state index in [-0.39, 0.29) is 5.91 Å². The van der Waals surface area contributed by atoms with Gasteiger partial charge in [0, 0.05) is 23.2 Å².